The summed E-state index contributed by atoms with van der Waals surface area (Å²) in [6.45, 7) is 0. The molecule has 9 aromatic carbocycles. The molecule has 0 aliphatic rings. The highest BCUT2D eigenvalue weighted by Crippen LogP contribution is 2.43. The second kappa shape index (κ2) is 12.2. The third-order valence-electron chi connectivity index (χ3n) is 11.1. The summed E-state index contributed by atoms with van der Waals surface area (Å²) in [5.74, 6) is 1.84. The summed E-state index contributed by atoms with van der Waals surface area (Å²) >= 11 is 1.83. The van der Waals surface area contributed by atoms with Crippen molar-refractivity contribution in [3.05, 3.63) is 176 Å². The van der Waals surface area contributed by atoms with Crippen molar-refractivity contribution in [1.29, 1.82) is 0 Å². The number of fused-ring (bicyclic) bond motifs is 10. The Hall–Kier alpha value is -7.21. The third kappa shape index (κ3) is 4.88. The van der Waals surface area contributed by atoms with Crippen LogP contribution in [0.3, 0.4) is 0 Å². The molecule has 12 aromatic rings. The lowest BCUT2D eigenvalue weighted by molar-refractivity contribution is 0.669. The number of rotatable bonds is 4. The highest BCUT2D eigenvalue weighted by molar-refractivity contribution is 7.25. The van der Waals surface area contributed by atoms with Crippen LogP contribution in [-0.4, -0.2) is 15.0 Å². The zero-order valence-electron chi connectivity index (χ0n) is 29.9. The van der Waals surface area contributed by atoms with Gasteiger partial charge in [0.05, 0.1) is 0 Å². The quantitative estimate of drug-likeness (QED) is 0.169. The number of furan rings is 1. The predicted molar refractivity (Wildman–Crippen MR) is 234 cm³/mol. The lowest BCUT2D eigenvalue weighted by Gasteiger charge is -2.11. The minimum Gasteiger partial charge on any atom is -0.456 e. The summed E-state index contributed by atoms with van der Waals surface area (Å²) in [7, 11) is 0. The van der Waals surface area contributed by atoms with Crippen LogP contribution in [0, 0.1) is 0 Å². The molecule has 0 radical (unpaired) electrons. The molecule has 0 fully saturated rings. The fourth-order valence-electron chi connectivity index (χ4n) is 8.42. The number of hydrogen-bond acceptors (Lipinski definition) is 5. The fourth-order valence-corrected chi connectivity index (χ4v) is 9.57. The second-order valence-corrected chi connectivity index (χ2v) is 15.4. The molecule has 0 aliphatic heterocycles. The van der Waals surface area contributed by atoms with E-state index in [2.05, 4.69) is 164 Å². The third-order valence-corrected chi connectivity index (χ3v) is 12.2. The van der Waals surface area contributed by atoms with Crippen LogP contribution in [0.1, 0.15) is 0 Å². The molecular weight excluding hydrogens is 703 g/mol. The Balaban J connectivity index is 1.09. The van der Waals surface area contributed by atoms with Gasteiger partial charge in [0.1, 0.15) is 11.2 Å². The molecule has 56 heavy (non-hydrogen) atoms. The van der Waals surface area contributed by atoms with Crippen molar-refractivity contribution in [3.63, 3.8) is 0 Å². The maximum atomic E-state index is 6.60. The molecule has 0 unspecified atom stereocenters. The molecule has 4 nitrogen and oxygen atoms in total. The van der Waals surface area contributed by atoms with Crippen LogP contribution < -0.4 is 0 Å². The number of hydrogen-bond donors (Lipinski definition) is 0. The van der Waals surface area contributed by atoms with E-state index in [1.54, 1.807) is 0 Å². The van der Waals surface area contributed by atoms with E-state index in [1.807, 2.05) is 23.5 Å². The first kappa shape index (κ1) is 31.2. The summed E-state index contributed by atoms with van der Waals surface area (Å²) in [6.07, 6.45) is 0. The highest BCUT2D eigenvalue weighted by Gasteiger charge is 2.21. The van der Waals surface area contributed by atoms with Gasteiger partial charge in [-0.2, -0.15) is 0 Å². The van der Waals surface area contributed by atoms with E-state index in [0.717, 1.165) is 60.5 Å². The van der Waals surface area contributed by atoms with Gasteiger partial charge in [0, 0.05) is 47.6 Å². The van der Waals surface area contributed by atoms with Crippen molar-refractivity contribution < 1.29 is 4.42 Å². The lowest BCUT2D eigenvalue weighted by Crippen LogP contribution is -2.00. The molecular formula is C51H29N3OS. The molecule has 0 atom stereocenters. The summed E-state index contributed by atoms with van der Waals surface area (Å²) < 4.78 is 9.16. The maximum absolute atomic E-state index is 6.60. The van der Waals surface area contributed by atoms with E-state index in [0.29, 0.717) is 17.5 Å². The van der Waals surface area contributed by atoms with Gasteiger partial charge in [0.2, 0.25) is 0 Å². The van der Waals surface area contributed by atoms with Gasteiger partial charge in [-0.3, -0.25) is 0 Å². The number of thiophene rings is 1. The zero-order valence-corrected chi connectivity index (χ0v) is 30.7. The van der Waals surface area contributed by atoms with Crippen molar-refractivity contribution in [2.45, 2.75) is 0 Å². The Kier molecular flexibility index (Phi) is 6.76. The van der Waals surface area contributed by atoms with Gasteiger partial charge >= 0.3 is 0 Å². The van der Waals surface area contributed by atoms with Gasteiger partial charge in [-0.15, -0.1) is 11.3 Å². The smallest absolute Gasteiger partial charge is 0.164 e. The average Bonchev–Trinajstić information content (AvgIpc) is 3.84. The normalized spacial score (nSPS) is 11.9. The van der Waals surface area contributed by atoms with Gasteiger partial charge in [-0.25, -0.2) is 15.0 Å². The SMILES string of the molecule is c1ccc2cc(-c3nc(-c4ccc5c(ccc6ccccc65)c4)nc(-c4cccc5oc6cccc(-c7ccc8c(c7)sc7ccccc78)c6c45)n3)ccc2c1. The zero-order chi connectivity index (χ0) is 36.7. The summed E-state index contributed by atoms with van der Waals surface area (Å²) in [6, 6.07) is 62.2. The summed E-state index contributed by atoms with van der Waals surface area (Å²) in [5, 5.41) is 11.7. The Morgan fingerprint density at radius 1 is 0.339 bits per heavy atom. The van der Waals surface area contributed by atoms with E-state index >= 15 is 0 Å². The van der Waals surface area contributed by atoms with Crippen LogP contribution in [0.4, 0.5) is 0 Å². The molecule has 0 saturated heterocycles. The van der Waals surface area contributed by atoms with Crippen LogP contribution in [0.15, 0.2) is 180 Å². The first-order valence-corrected chi connectivity index (χ1v) is 19.6. The van der Waals surface area contributed by atoms with Crippen LogP contribution in [0.5, 0.6) is 0 Å². The maximum Gasteiger partial charge on any atom is 0.164 e. The number of aromatic nitrogens is 3. The number of nitrogens with zero attached hydrogens (tertiary/aromatic N) is 3. The van der Waals surface area contributed by atoms with Gasteiger partial charge in [-0.1, -0.05) is 140 Å². The van der Waals surface area contributed by atoms with Crippen molar-refractivity contribution in [3.8, 4) is 45.3 Å². The first-order valence-electron chi connectivity index (χ1n) is 18.8. The number of benzene rings is 9. The molecule has 0 saturated carbocycles. The van der Waals surface area contributed by atoms with Crippen molar-refractivity contribution in [2.75, 3.05) is 0 Å². The molecule has 0 spiro atoms. The second-order valence-electron chi connectivity index (χ2n) is 14.4. The van der Waals surface area contributed by atoms with Gasteiger partial charge in [0.15, 0.2) is 17.5 Å². The van der Waals surface area contributed by atoms with Crippen LogP contribution in [-0.2, 0) is 0 Å². The van der Waals surface area contributed by atoms with E-state index in [1.165, 1.54) is 41.7 Å². The fraction of sp³-hybridized carbons (Fsp3) is 0. The molecule has 3 aromatic heterocycles. The molecule has 260 valence electrons. The Morgan fingerprint density at radius 2 is 0.893 bits per heavy atom. The topological polar surface area (TPSA) is 51.8 Å². The van der Waals surface area contributed by atoms with Gasteiger partial charge in [-0.05, 0) is 79.8 Å². The predicted octanol–water partition coefficient (Wildman–Crippen LogP) is 14.3. The first-order chi connectivity index (χ1) is 27.7. The molecule has 5 heteroatoms. The van der Waals surface area contributed by atoms with Crippen molar-refractivity contribution in [2.24, 2.45) is 0 Å². The monoisotopic (exact) mass is 731 g/mol. The Bertz CT molecular complexity index is 3560. The highest BCUT2D eigenvalue weighted by atomic mass is 32.1. The van der Waals surface area contributed by atoms with Gasteiger partial charge in [0.25, 0.3) is 0 Å². The minimum atomic E-state index is 0.597. The largest absolute Gasteiger partial charge is 0.456 e. The Morgan fingerprint density at radius 3 is 1.73 bits per heavy atom. The standard InChI is InChI=1S/C51H29N3OS/c1-2-11-32-27-35(22-19-30(32)9-1)49-52-50(36-24-25-38-33(28-36)21-20-31-10-3-4-12-37(31)38)54-51(53-49)42-15-8-17-44-48(42)47-39(14-7-16-43(47)55-44)34-23-26-41-40-13-5-6-18-45(40)56-46(41)29-34/h1-29H. The summed E-state index contributed by atoms with van der Waals surface area (Å²) in [4.78, 5) is 15.7. The van der Waals surface area contributed by atoms with Crippen LogP contribution in [0.2, 0.25) is 0 Å². The van der Waals surface area contributed by atoms with E-state index in [4.69, 9.17) is 19.4 Å². The average molecular weight is 732 g/mol. The van der Waals surface area contributed by atoms with E-state index in [-0.39, 0.29) is 0 Å². The molecule has 0 aliphatic carbocycles. The minimum absolute atomic E-state index is 0.597. The summed E-state index contributed by atoms with van der Waals surface area (Å²) in [5.41, 5.74) is 6.63. The molecule has 0 amide bonds. The molecule has 12 rings (SSSR count). The lowest BCUT2D eigenvalue weighted by atomic mass is 9.96. The Labute approximate surface area is 325 Å². The van der Waals surface area contributed by atoms with Crippen molar-refractivity contribution >= 4 is 85.8 Å². The van der Waals surface area contributed by atoms with Crippen molar-refractivity contribution in [1.82, 2.24) is 15.0 Å². The van der Waals surface area contributed by atoms with Crippen LogP contribution in [0.25, 0.3) is 120 Å². The van der Waals surface area contributed by atoms with Gasteiger partial charge < -0.3 is 4.42 Å². The van der Waals surface area contributed by atoms with Crippen LogP contribution >= 0.6 is 11.3 Å². The van der Waals surface area contributed by atoms with E-state index in [9.17, 15) is 0 Å². The molecule has 3 heterocycles. The molecule has 0 N–H and O–H groups in total. The van der Waals surface area contributed by atoms with E-state index < -0.39 is 0 Å². The molecule has 0 bridgehead atoms.